The van der Waals surface area contributed by atoms with Gasteiger partial charge in [-0.3, -0.25) is 4.79 Å². The largest absolute Gasteiger partial charge is 0.355 e. The molecule has 0 spiro atoms. The molecule has 5 nitrogen and oxygen atoms in total. The van der Waals surface area contributed by atoms with Crippen LogP contribution in [0.1, 0.15) is 30.5 Å². The fourth-order valence-corrected chi connectivity index (χ4v) is 4.25. The smallest absolute Gasteiger partial charge is 0.230 e. The Labute approximate surface area is 152 Å². The minimum atomic E-state index is 0.0696. The van der Waals surface area contributed by atoms with Gasteiger partial charge >= 0.3 is 0 Å². The summed E-state index contributed by atoms with van der Waals surface area (Å²) in [6, 6.07) is 2.15. The van der Waals surface area contributed by atoms with Crippen LogP contribution in [0.15, 0.2) is 11.1 Å². The lowest BCUT2D eigenvalue weighted by Crippen LogP contribution is -2.26. The van der Waals surface area contributed by atoms with Gasteiger partial charge in [-0.2, -0.15) is 0 Å². The number of rotatable bonds is 9. The minimum Gasteiger partial charge on any atom is -0.355 e. The molecule has 132 valence electrons. The first-order valence-electron chi connectivity index (χ1n) is 8.31. The molecule has 0 fully saturated rings. The number of nitrogens with one attached hydrogen (secondary N) is 1. The minimum absolute atomic E-state index is 0.0696. The monoisotopic (exact) mass is 366 g/mol. The Morgan fingerprint density at radius 3 is 2.83 bits per heavy atom. The van der Waals surface area contributed by atoms with Crippen molar-refractivity contribution in [3.8, 4) is 0 Å². The number of nitrogens with zero attached hydrogens (tertiary/aromatic N) is 3. The van der Waals surface area contributed by atoms with Crippen molar-refractivity contribution in [2.24, 2.45) is 0 Å². The summed E-state index contributed by atoms with van der Waals surface area (Å²) in [5.41, 5.74) is 0. The quantitative estimate of drug-likeness (QED) is 0.420. The Hall–Kier alpha value is -1.18. The molecule has 0 unspecified atom stereocenters. The maximum Gasteiger partial charge on any atom is 0.230 e. The fraction of sp³-hybridized carbons (Fsp3) is 0.588. The third-order valence-electron chi connectivity index (χ3n) is 3.56. The summed E-state index contributed by atoms with van der Waals surface area (Å²) in [6.07, 6.45) is 3.11. The van der Waals surface area contributed by atoms with Crippen molar-refractivity contribution in [2.75, 3.05) is 32.9 Å². The summed E-state index contributed by atoms with van der Waals surface area (Å²) in [7, 11) is 4.13. The summed E-state index contributed by atoms with van der Waals surface area (Å²) in [6.45, 7) is 5.84. The molecule has 0 saturated heterocycles. The number of hydrogen-bond donors (Lipinski definition) is 1. The lowest BCUT2D eigenvalue weighted by atomic mass is 10.3. The Morgan fingerprint density at radius 2 is 2.12 bits per heavy atom. The van der Waals surface area contributed by atoms with E-state index in [1.54, 1.807) is 11.3 Å². The van der Waals surface area contributed by atoms with E-state index in [1.165, 1.54) is 16.6 Å². The van der Waals surface area contributed by atoms with Crippen molar-refractivity contribution >= 4 is 39.2 Å². The molecular weight excluding hydrogens is 340 g/mol. The molecule has 0 saturated carbocycles. The molecule has 2 heterocycles. The molecular formula is C17H26N4OS2. The van der Waals surface area contributed by atoms with E-state index < -0.39 is 0 Å². The first-order chi connectivity index (χ1) is 11.5. The molecule has 2 aromatic rings. The molecule has 1 amide bonds. The van der Waals surface area contributed by atoms with Crippen LogP contribution in [0.4, 0.5) is 0 Å². The van der Waals surface area contributed by atoms with Crippen LogP contribution in [0, 0.1) is 6.92 Å². The second-order valence-corrected chi connectivity index (χ2v) is 8.09. The topological polar surface area (TPSA) is 58.1 Å². The van der Waals surface area contributed by atoms with E-state index in [1.807, 2.05) is 6.92 Å². The highest BCUT2D eigenvalue weighted by atomic mass is 32.2. The Kier molecular flexibility index (Phi) is 7.45. The molecule has 2 rings (SSSR count). The van der Waals surface area contributed by atoms with E-state index in [0.29, 0.717) is 5.75 Å². The maximum atomic E-state index is 12.0. The van der Waals surface area contributed by atoms with E-state index in [-0.39, 0.29) is 5.91 Å². The van der Waals surface area contributed by atoms with Crippen molar-refractivity contribution < 1.29 is 4.79 Å². The Balaban J connectivity index is 1.86. The highest BCUT2D eigenvalue weighted by Gasteiger charge is 2.12. The van der Waals surface area contributed by atoms with Crippen LogP contribution in [-0.2, 0) is 11.2 Å². The van der Waals surface area contributed by atoms with Gasteiger partial charge in [0.2, 0.25) is 5.91 Å². The highest BCUT2D eigenvalue weighted by Crippen LogP contribution is 2.31. The average Bonchev–Trinajstić information content (AvgIpc) is 2.94. The van der Waals surface area contributed by atoms with Crippen LogP contribution in [0.5, 0.6) is 0 Å². The number of fused-ring (bicyclic) bond motifs is 1. The number of carbonyl (C=O) groups excluding carboxylic acids is 1. The summed E-state index contributed by atoms with van der Waals surface area (Å²) in [5, 5.41) is 4.97. The van der Waals surface area contributed by atoms with Gasteiger partial charge in [0, 0.05) is 16.8 Å². The van der Waals surface area contributed by atoms with Crippen molar-refractivity contribution in [1.29, 1.82) is 0 Å². The molecule has 24 heavy (non-hydrogen) atoms. The van der Waals surface area contributed by atoms with Gasteiger partial charge in [0.05, 0.1) is 5.75 Å². The summed E-state index contributed by atoms with van der Waals surface area (Å²) < 4.78 is 0. The molecule has 0 aromatic carbocycles. The molecule has 0 aliphatic carbocycles. The number of unbranched alkanes of at least 4 members (excludes halogenated alkanes) is 1. The molecule has 2 aromatic heterocycles. The molecule has 0 bridgehead atoms. The number of hydrogen-bond acceptors (Lipinski definition) is 6. The van der Waals surface area contributed by atoms with Gasteiger partial charge in [-0.15, -0.1) is 11.3 Å². The van der Waals surface area contributed by atoms with Gasteiger partial charge in [-0.25, -0.2) is 9.97 Å². The average molecular weight is 367 g/mol. The van der Waals surface area contributed by atoms with Gasteiger partial charge in [0.15, 0.2) is 0 Å². The lowest BCUT2D eigenvalue weighted by molar-refractivity contribution is -0.118. The molecule has 0 aliphatic rings. The second kappa shape index (κ2) is 9.34. The number of thiophene rings is 1. The SMILES string of the molecule is CCc1cc2c(SCC(=O)NCCCCN(C)C)nc(C)nc2s1. The van der Waals surface area contributed by atoms with Crippen molar-refractivity contribution in [3.05, 3.63) is 16.8 Å². The van der Waals surface area contributed by atoms with Gasteiger partial charge < -0.3 is 10.2 Å². The predicted molar refractivity (Wildman–Crippen MR) is 103 cm³/mol. The Morgan fingerprint density at radius 1 is 1.33 bits per heavy atom. The van der Waals surface area contributed by atoms with Crippen molar-refractivity contribution in [2.45, 2.75) is 38.1 Å². The molecule has 0 atom stereocenters. The molecule has 1 N–H and O–H groups in total. The zero-order chi connectivity index (χ0) is 17.5. The highest BCUT2D eigenvalue weighted by molar-refractivity contribution is 8.00. The van der Waals surface area contributed by atoms with Gasteiger partial charge in [0.1, 0.15) is 15.7 Å². The third kappa shape index (κ3) is 5.72. The van der Waals surface area contributed by atoms with E-state index >= 15 is 0 Å². The Bertz CT molecular complexity index is 685. The normalized spacial score (nSPS) is 11.4. The van der Waals surface area contributed by atoms with Crippen LogP contribution >= 0.6 is 23.1 Å². The first kappa shape index (κ1) is 19.1. The molecule has 7 heteroatoms. The van der Waals surface area contributed by atoms with Crippen LogP contribution in [0.25, 0.3) is 10.2 Å². The van der Waals surface area contributed by atoms with Crippen LogP contribution in [0.3, 0.4) is 0 Å². The lowest BCUT2D eigenvalue weighted by Gasteiger charge is -2.09. The zero-order valence-corrected chi connectivity index (χ0v) is 16.5. The van der Waals surface area contributed by atoms with Crippen LogP contribution in [-0.4, -0.2) is 53.7 Å². The number of aryl methyl sites for hydroxylation is 2. The van der Waals surface area contributed by atoms with Crippen molar-refractivity contribution in [1.82, 2.24) is 20.2 Å². The second-order valence-electron chi connectivity index (χ2n) is 6.01. The summed E-state index contributed by atoms with van der Waals surface area (Å²) >= 11 is 3.21. The van der Waals surface area contributed by atoms with Gasteiger partial charge in [0.25, 0.3) is 0 Å². The van der Waals surface area contributed by atoms with Crippen LogP contribution in [0.2, 0.25) is 0 Å². The molecule has 0 radical (unpaired) electrons. The third-order valence-corrected chi connectivity index (χ3v) is 5.73. The number of thioether (sulfide) groups is 1. The maximum absolute atomic E-state index is 12.0. The zero-order valence-electron chi connectivity index (χ0n) is 14.9. The number of aromatic nitrogens is 2. The van der Waals surface area contributed by atoms with Gasteiger partial charge in [-0.05, 0) is 52.9 Å². The summed E-state index contributed by atoms with van der Waals surface area (Å²) in [4.78, 5) is 25.5. The van der Waals surface area contributed by atoms with E-state index in [4.69, 9.17) is 0 Å². The first-order valence-corrected chi connectivity index (χ1v) is 10.1. The predicted octanol–water partition coefficient (Wildman–Crippen LogP) is 3.11. The van der Waals surface area contributed by atoms with Gasteiger partial charge in [-0.1, -0.05) is 18.7 Å². The van der Waals surface area contributed by atoms with E-state index in [9.17, 15) is 4.79 Å². The van der Waals surface area contributed by atoms with E-state index in [0.717, 1.165) is 53.4 Å². The number of amides is 1. The number of carbonyl (C=O) groups is 1. The standard InChI is InChI=1S/C17H26N4OS2/c1-5-13-10-14-16(19-12(2)20-17(14)24-13)23-11-15(22)18-8-6-7-9-21(3)4/h10H,5-9,11H2,1-4H3,(H,18,22). The van der Waals surface area contributed by atoms with Crippen molar-refractivity contribution in [3.63, 3.8) is 0 Å². The van der Waals surface area contributed by atoms with E-state index in [2.05, 4.69) is 47.3 Å². The van der Waals surface area contributed by atoms with Crippen LogP contribution < -0.4 is 5.32 Å². The summed E-state index contributed by atoms with van der Waals surface area (Å²) in [5.74, 6) is 1.23. The molecule has 0 aliphatic heterocycles. The fourth-order valence-electron chi connectivity index (χ4n) is 2.30.